The zero-order valence-corrected chi connectivity index (χ0v) is 16.2. The van der Waals surface area contributed by atoms with Crippen LogP contribution in [0.5, 0.6) is 0 Å². The van der Waals surface area contributed by atoms with E-state index in [1.807, 2.05) is 17.5 Å². The first-order chi connectivity index (χ1) is 14.5. The first kappa shape index (κ1) is 19.3. The number of nitro benzene ring substituents is 1. The van der Waals surface area contributed by atoms with E-state index in [4.69, 9.17) is 0 Å². The molecule has 0 atom stereocenters. The van der Waals surface area contributed by atoms with Crippen molar-refractivity contribution < 1.29 is 14.5 Å². The van der Waals surface area contributed by atoms with Gasteiger partial charge >= 0.3 is 0 Å². The first-order valence-corrected chi connectivity index (χ1v) is 9.74. The number of aromatic nitrogens is 2. The summed E-state index contributed by atoms with van der Waals surface area (Å²) in [4.78, 5) is 36.2. The average molecular weight is 421 g/mol. The number of rotatable bonds is 6. The van der Waals surface area contributed by atoms with Gasteiger partial charge in [0.2, 0.25) is 0 Å². The van der Waals surface area contributed by atoms with E-state index in [9.17, 15) is 19.7 Å². The van der Waals surface area contributed by atoms with Crippen LogP contribution in [0.1, 0.15) is 25.6 Å². The zero-order valence-electron chi connectivity index (χ0n) is 15.4. The maximum absolute atomic E-state index is 12.5. The number of carbonyl (C=O) groups is 2. The molecule has 150 valence electrons. The molecule has 0 fully saturated rings. The number of nitrogens with one attached hydrogen (secondary N) is 3. The van der Waals surface area contributed by atoms with E-state index in [0.29, 0.717) is 23.0 Å². The molecule has 0 spiro atoms. The molecule has 0 unspecified atom stereocenters. The lowest BCUT2D eigenvalue weighted by molar-refractivity contribution is -0.384. The summed E-state index contributed by atoms with van der Waals surface area (Å²) >= 11 is 1.56. The SMILES string of the molecule is O=C(NCc1cccs1)c1ccc2[nH]nc(NC(=O)c3ccc([N+](=O)[O-])cc3)c2c1. The van der Waals surface area contributed by atoms with Crippen molar-refractivity contribution in [3.8, 4) is 0 Å². The molecule has 0 saturated heterocycles. The fourth-order valence-electron chi connectivity index (χ4n) is 2.85. The Morgan fingerprint density at radius 1 is 1.07 bits per heavy atom. The molecule has 0 aliphatic carbocycles. The summed E-state index contributed by atoms with van der Waals surface area (Å²) in [6.45, 7) is 0.434. The van der Waals surface area contributed by atoms with Gasteiger partial charge in [0.25, 0.3) is 17.5 Å². The molecule has 0 saturated carbocycles. The van der Waals surface area contributed by atoms with Crippen molar-refractivity contribution >= 4 is 45.6 Å². The van der Waals surface area contributed by atoms with Gasteiger partial charge in [-0.2, -0.15) is 5.10 Å². The Bertz CT molecular complexity index is 1230. The fourth-order valence-corrected chi connectivity index (χ4v) is 3.49. The summed E-state index contributed by atoms with van der Waals surface area (Å²) in [5, 5.41) is 25.7. The predicted octanol–water partition coefficient (Wildman–Crippen LogP) is 3.71. The number of anilines is 1. The molecule has 2 aromatic carbocycles. The van der Waals surface area contributed by atoms with Crippen molar-refractivity contribution in [3.63, 3.8) is 0 Å². The molecule has 2 aromatic heterocycles. The number of fused-ring (bicyclic) bond motifs is 1. The Morgan fingerprint density at radius 2 is 1.83 bits per heavy atom. The molecule has 0 aliphatic heterocycles. The van der Waals surface area contributed by atoms with Crippen LogP contribution in [-0.2, 0) is 6.54 Å². The number of nitrogens with zero attached hydrogens (tertiary/aromatic N) is 2. The van der Waals surface area contributed by atoms with Crippen molar-refractivity contribution in [1.29, 1.82) is 0 Å². The van der Waals surface area contributed by atoms with Gasteiger partial charge < -0.3 is 10.6 Å². The van der Waals surface area contributed by atoms with Crippen LogP contribution in [0.2, 0.25) is 0 Å². The second-order valence-electron chi connectivity index (χ2n) is 6.35. The van der Waals surface area contributed by atoms with Crippen LogP contribution < -0.4 is 10.6 Å². The average Bonchev–Trinajstić information content (AvgIpc) is 3.42. The Hall–Kier alpha value is -4.05. The van der Waals surface area contributed by atoms with Crippen LogP contribution in [-0.4, -0.2) is 26.9 Å². The third-order valence-electron chi connectivity index (χ3n) is 4.40. The van der Waals surface area contributed by atoms with Crippen LogP contribution in [0.15, 0.2) is 60.0 Å². The summed E-state index contributed by atoms with van der Waals surface area (Å²) in [6.07, 6.45) is 0. The monoisotopic (exact) mass is 421 g/mol. The number of aromatic amines is 1. The topological polar surface area (TPSA) is 130 Å². The van der Waals surface area contributed by atoms with Gasteiger partial charge in [0.05, 0.1) is 17.0 Å². The maximum atomic E-state index is 12.5. The standard InChI is InChI=1S/C20H15N5O4S/c26-19(21-11-15-2-1-9-30-15)13-5-8-17-16(10-13)18(24-23-17)22-20(27)12-3-6-14(7-4-12)25(28)29/h1-10H,11H2,(H,21,26)(H2,22,23,24,27). The molecule has 0 radical (unpaired) electrons. The van der Waals surface area contributed by atoms with Gasteiger partial charge in [0.15, 0.2) is 5.82 Å². The number of thiophene rings is 1. The third-order valence-corrected chi connectivity index (χ3v) is 5.28. The minimum atomic E-state index is -0.534. The molecule has 4 rings (SSSR count). The molecule has 2 amide bonds. The van der Waals surface area contributed by atoms with E-state index in [-0.39, 0.29) is 23.0 Å². The molecule has 4 aromatic rings. The Morgan fingerprint density at radius 3 is 2.53 bits per heavy atom. The smallest absolute Gasteiger partial charge is 0.269 e. The summed E-state index contributed by atoms with van der Waals surface area (Å²) in [6, 6.07) is 14.1. The van der Waals surface area contributed by atoms with E-state index in [2.05, 4.69) is 20.8 Å². The molecule has 0 bridgehead atoms. The molecule has 3 N–H and O–H groups in total. The summed E-state index contributed by atoms with van der Waals surface area (Å²) < 4.78 is 0. The lowest BCUT2D eigenvalue weighted by atomic mass is 10.1. The predicted molar refractivity (Wildman–Crippen MR) is 113 cm³/mol. The van der Waals surface area contributed by atoms with Crippen molar-refractivity contribution in [1.82, 2.24) is 15.5 Å². The van der Waals surface area contributed by atoms with Crippen LogP contribution in [0.3, 0.4) is 0 Å². The molecule has 2 heterocycles. The second-order valence-corrected chi connectivity index (χ2v) is 7.38. The Balaban J connectivity index is 1.51. The van der Waals surface area contributed by atoms with Gasteiger partial charge in [-0.1, -0.05) is 6.07 Å². The minimum absolute atomic E-state index is 0.102. The van der Waals surface area contributed by atoms with E-state index >= 15 is 0 Å². The van der Waals surface area contributed by atoms with Gasteiger partial charge in [0.1, 0.15) is 0 Å². The fraction of sp³-hybridized carbons (Fsp3) is 0.0500. The Kier molecular flexibility index (Phi) is 5.22. The second kappa shape index (κ2) is 8.13. The van der Waals surface area contributed by atoms with Gasteiger partial charge in [-0.15, -0.1) is 11.3 Å². The number of hydrogen-bond donors (Lipinski definition) is 3. The molecule has 0 aliphatic rings. The van der Waals surface area contributed by atoms with E-state index in [1.165, 1.54) is 24.3 Å². The van der Waals surface area contributed by atoms with Crippen LogP contribution >= 0.6 is 11.3 Å². The number of carbonyl (C=O) groups excluding carboxylic acids is 2. The van der Waals surface area contributed by atoms with Crippen molar-refractivity contribution in [2.45, 2.75) is 6.54 Å². The Labute approximate surface area is 173 Å². The third kappa shape index (κ3) is 4.03. The van der Waals surface area contributed by atoms with Crippen molar-refractivity contribution in [2.24, 2.45) is 0 Å². The zero-order chi connectivity index (χ0) is 21.1. The number of nitro groups is 1. The molecule has 9 nitrogen and oxygen atoms in total. The summed E-state index contributed by atoms with van der Waals surface area (Å²) in [5.41, 5.74) is 1.24. The van der Waals surface area contributed by atoms with Gasteiger partial charge in [-0.25, -0.2) is 0 Å². The van der Waals surface area contributed by atoms with Crippen molar-refractivity contribution in [3.05, 3.63) is 86.1 Å². The first-order valence-electron chi connectivity index (χ1n) is 8.86. The van der Waals surface area contributed by atoms with Crippen molar-refractivity contribution in [2.75, 3.05) is 5.32 Å². The molecule has 10 heteroatoms. The number of hydrogen-bond acceptors (Lipinski definition) is 6. The van der Waals surface area contributed by atoms with Crippen LogP contribution in [0, 0.1) is 10.1 Å². The number of non-ortho nitro benzene ring substituents is 1. The summed E-state index contributed by atoms with van der Waals surface area (Å²) in [5.74, 6) is -0.439. The van der Waals surface area contributed by atoms with E-state index in [1.54, 1.807) is 29.5 Å². The highest BCUT2D eigenvalue weighted by Crippen LogP contribution is 2.23. The highest BCUT2D eigenvalue weighted by molar-refractivity contribution is 7.09. The number of H-pyrrole nitrogens is 1. The normalized spacial score (nSPS) is 10.7. The van der Waals surface area contributed by atoms with Gasteiger partial charge in [-0.05, 0) is 41.8 Å². The van der Waals surface area contributed by atoms with Crippen LogP contribution in [0.4, 0.5) is 11.5 Å². The molecule has 30 heavy (non-hydrogen) atoms. The highest BCUT2D eigenvalue weighted by Gasteiger charge is 2.15. The van der Waals surface area contributed by atoms with Crippen LogP contribution in [0.25, 0.3) is 10.9 Å². The summed E-state index contributed by atoms with van der Waals surface area (Å²) in [7, 11) is 0. The lowest BCUT2D eigenvalue weighted by Gasteiger charge is -2.05. The molecular formula is C20H15N5O4S. The van der Waals surface area contributed by atoms with E-state index in [0.717, 1.165) is 4.88 Å². The van der Waals surface area contributed by atoms with Gasteiger partial charge in [0, 0.05) is 33.5 Å². The molecular weight excluding hydrogens is 406 g/mol. The van der Waals surface area contributed by atoms with Gasteiger partial charge in [-0.3, -0.25) is 24.8 Å². The lowest BCUT2D eigenvalue weighted by Crippen LogP contribution is -2.22. The number of benzene rings is 2. The quantitative estimate of drug-likeness (QED) is 0.323. The highest BCUT2D eigenvalue weighted by atomic mass is 32.1. The largest absolute Gasteiger partial charge is 0.347 e. The van der Waals surface area contributed by atoms with E-state index < -0.39 is 10.8 Å². The number of amides is 2. The maximum Gasteiger partial charge on any atom is 0.269 e. The minimum Gasteiger partial charge on any atom is -0.347 e.